The third kappa shape index (κ3) is 4.75. The van der Waals surface area contributed by atoms with E-state index in [0.717, 1.165) is 0 Å². The number of hydrogen-bond donors (Lipinski definition) is 1. The number of para-hydroxylation sites is 2. The molecule has 0 fully saturated rings. The molecule has 23 heavy (non-hydrogen) atoms. The molecule has 0 radical (unpaired) electrons. The van der Waals surface area contributed by atoms with E-state index in [1.807, 2.05) is 0 Å². The first-order chi connectivity index (χ1) is 11.0. The number of hydrogen-bond acceptors (Lipinski definition) is 5. The van der Waals surface area contributed by atoms with Crippen LogP contribution in [0.5, 0.6) is 5.75 Å². The maximum atomic E-state index is 12.3. The minimum absolute atomic E-state index is 0.0665. The zero-order chi connectivity index (χ0) is 16.8. The Morgan fingerprint density at radius 3 is 2.57 bits per heavy atom. The molecule has 0 saturated carbocycles. The summed E-state index contributed by atoms with van der Waals surface area (Å²) in [5.74, 6) is -1.45. The second-order valence-corrected chi connectivity index (χ2v) is 5.34. The number of anilines is 1. The summed E-state index contributed by atoms with van der Waals surface area (Å²) < 4.78 is 34.0. The summed E-state index contributed by atoms with van der Waals surface area (Å²) in [6, 6.07) is 9.00. The topological polar surface area (TPSA) is 64.6 Å². The Kier molecular flexibility index (Phi) is 5.64. The molecule has 1 atom stereocenters. The highest BCUT2D eigenvalue weighted by molar-refractivity contribution is 7.11. The van der Waals surface area contributed by atoms with Gasteiger partial charge in [0.15, 0.2) is 6.10 Å². The van der Waals surface area contributed by atoms with Gasteiger partial charge >= 0.3 is 12.6 Å². The molecule has 0 aliphatic carbocycles. The van der Waals surface area contributed by atoms with E-state index in [4.69, 9.17) is 4.74 Å². The lowest BCUT2D eigenvalue weighted by molar-refractivity contribution is -0.123. The van der Waals surface area contributed by atoms with Crippen LogP contribution in [0, 0.1) is 0 Å². The fraction of sp³-hybridized carbons (Fsp3) is 0.200. The molecule has 0 aliphatic rings. The van der Waals surface area contributed by atoms with Gasteiger partial charge in [0, 0.05) is 0 Å². The van der Waals surface area contributed by atoms with Crippen molar-refractivity contribution in [1.29, 1.82) is 0 Å². The molecule has 5 nitrogen and oxygen atoms in total. The Morgan fingerprint density at radius 2 is 1.91 bits per heavy atom. The predicted molar refractivity (Wildman–Crippen MR) is 80.9 cm³/mol. The van der Waals surface area contributed by atoms with Gasteiger partial charge in [0.05, 0.1) is 5.69 Å². The molecular weight excluding hydrogens is 328 g/mol. The Morgan fingerprint density at radius 1 is 1.17 bits per heavy atom. The lowest BCUT2D eigenvalue weighted by Gasteiger charge is -2.15. The molecule has 122 valence electrons. The lowest BCUT2D eigenvalue weighted by atomic mass is 10.2. The van der Waals surface area contributed by atoms with E-state index in [0.29, 0.717) is 4.88 Å². The smallest absolute Gasteiger partial charge is 0.387 e. The summed E-state index contributed by atoms with van der Waals surface area (Å²) in [4.78, 5) is 24.2. The molecule has 2 rings (SSSR count). The predicted octanol–water partition coefficient (Wildman–Crippen LogP) is 3.53. The van der Waals surface area contributed by atoms with Crippen molar-refractivity contribution >= 4 is 28.9 Å². The van der Waals surface area contributed by atoms with E-state index in [1.54, 1.807) is 23.6 Å². The van der Waals surface area contributed by atoms with Crippen LogP contribution in [0.2, 0.25) is 0 Å². The first-order valence-corrected chi connectivity index (χ1v) is 7.44. The second-order valence-electron chi connectivity index (χ2n) is 4.39. The lowest BCUT2D eigenvalue weighted by Crippen LogP contribution is -2.30. The van der Waals surface area contributed by atoms with Gasteiger partial charge in [-0.3, -0.25) is 4.79 Å². The van der Waals surface area contributed by atoms with Crippen LogP contribution in [0.4, 0.5) is 14.5 Å². The van der Waals surface area contributed by atoms with Crippen molar-refractivity contribution in [2.24, 2.45) is 0 Å². The van der Waals surface area contributed by atoms with Gasteiger partial charge in [0.1, 0.15) is 10.6 Å². The van der Waals surface area contributed by atoms with Gasteiger partial charge in [0.2, 0.25) is 0 Å². The van der Waals surface area contributed by atoms with Gasteiger partial charge in [-0.25, -0.2) is 4.79 Å². The Hall–Kier alpha value is -2.48. The van der Waals surface area contributed by atoms with Crippen molar-refractivity contribution in [2.75, 3.05) is 5.32 Å². The molecule has 8 heteroatoms. The fourth-order valence-electron chi connectivity index (χ4n) is 1.67. The van der Waals surface area contributed by atoms with E-state index in [-0.39, 0.29) is 11.4 Å². The highest BCUT2D eigenvalue weighted by Gasteiger charge is 2.21. The molecule has 0 saturated heterocycles. The zero-order valence-corrected chi connectivity index (χ0v) is 12.8. The van der Waals surface area contributed by atoms with Gasteiger partial charge in [-0.05, 0) is 30.5 Å². The van der Waals surface area contributed by atoms with E-state index >= 15 is 0 Å². The summed E-state index contributed by atoms with van der Waals surface area (Å²) in [6.07, 6.45) is -1.09. The normalized spacial score (nSPS) is 11.8. The molecule has 1 unspecified atom stereocenters. The Labute approximate surface area is 134 Å². The molecule has 0 spiro atoms. The molecule has 1 amide bonds. The number of carbonyl (C=O) groups is 2. The summed E-state index contributed by atoms with van der Waals surface area (Å²) in [7, 11) is 0. The van der Waals surface area contributed by atoms with E-state index in [1.165, 1.54) is 36.5 Å². The van der Waals surface area contributed by atoms with Gasteiger partial charge in [-0.1, -0.05) is 18.2 Å². The minimum Gasteiger partial charge on any atom is -0.448 e. The van der Waals surface area contributed by atoms with Gasteiger partial charge in [-0.15, -0.1) is 11.3 Å². The van der Waals surface area contributed by atoms with Crippen LogP contribution in [-0.4, -0.2) is 24.6 Å². The van der Waals surface area contributed by atoms with Crippen LogP contribution in [0.25, 0.3) is 0 Å². The van der Waals surface area contributed by atoms with E-state index in [2.05, 4.69) is 10.1 Å². The van der Waals surface area contributed by atoms with Crippen molar-refractivity contribution in [3.8, 4) is 5.75 Å². The van der Waals surface area contributed by atoms with Gasteiger partial charge < -0.3 is 14.8 Å². The van der Waals surface area contributed by atoms with Crippen LogP contribution < -0.4 is 10.1 Å². The number of nitrogens with one attached hydrogen (secondary N) is 1. The summed E-state index contributed by atoms with van der Waals surface area (Å²) in [5.41, 5.74) is 0.0665. The second kappa shape index (κ2) is 7.68. The average Bonchev–Trinajstić information content (AvgIpc) is 3.03. The summed E-state index contributed by atoms with van der Waals surface area (Å²) in [5, 5.41) is 4.10. The SMILES string of the molecule is CC(OC(=O)c1cccs1)C(=O)Nc1ccccc1OC(F)F. The van der Waals surface area contributed by atoms with Crippen LogP contribution in [0.3, 0.4) is 0 Å². The first-order valence-electron chi connectivity index (χ1n) is 6.56. The number of benzene rings is 1. The molecule has 1 heterocycles. The van der Waals surface area contributed by atoms with Gasteiger partial charge in [-0.2, -0.15) is 8.78 Å². The number of thiophene rings is 1. The van der Waals surface area contributed by atoms with Crippen molar-refractivity contribution in [3.05, 3.63) is 46.7 Å². The fourth-order valence-corrected chi connectivity index (χ4v) is 2.28. The van der Waals surface area contributed by atoms with Crippen molar-refractivity contribution in [1.82, 2.24) is 0 Å². The summed E-state index contributed by atoms with van der Waals surface area (Å²) >= 11 is 1.19. The Bertz CT molecular complexity index is 676. The molecule has 1 aromatic heterocycles. The van der Waals surface area contributed by atoms with Crippen LogP contribution in [-0.2, 0) is 9.53 Å². The van der Waals surface area contributed by atoms with E-state index < -0.39 is 24.6 Å². The number of ether oxygens (including phenoxy) is 2. The van der Waals surface area contributed by atoms with Crippen molar-refractivity contribution in [2.45, 2.75) is 19.6 Å². The zero-order valence-electron chi connectivity index (χ0n) is 12.0. The van der Waals surface area contributed by atoms with Crippen molar-refractivity contribution < 1.29 is 27.8 Å². The maximum absolute atomic E-state index is 12.3. The number of esters is 1. The van der Waals surface area contributed by atoms with Crippen LogP contribution >= 0.6 is 11.3 Å². The molecule has 1 aromatic carbocycles. The van der Waals surface area contributed by atoms with Crippen LogP contribution in [0.15, 0.2) is 41.8 Å². The number of halogens is 2. The van der Waals surface area contributed by atoms with Gasteiger partial charge in [0.25, 0.3) is 5.91 Å². The minimum atomic E-state index is -3.01. The monoisotopic (exact) mass is 341 g/mol. The Balaban J connectivity index is 2.00. The molecule has 1 N–H and O–H groups in total. The maximum Gasteiger partial charge on any atom is 0.387 e. The molecule has 0 aliphatic heterocycles. The van der Waals surface area contributed by atoms with Crippen molar-refractivity contribution in [3.63, 3.8) is 0 Å². The first kappa shape index (κ1) is 16.9. The highest BCUT2D eigenvalue weighted by Crippen LogP contribution is 2.25. The molecular formula is C15H13F2NO4S. The average molecular weight is 341 g/mol. The molecule has 0 bridgehead atoms. The number of rotatable bonds is 6. The van der Waals surface area contributed by atoms with Crippen LogP contribution in [0.1, 0.15) is 16.6 Å². The van der Waals surface area contributed by atoms with E-state index in [9.17, 15) is 18.4 Å². The third-order valence-corrected chi connectivity index (χ3v) is 3.59. The number of carbonyl (C=O) groups excluding carboxylic acids is 2. The largest absolute Gasteiger partial charge is 0.448 e. The number of alkyl halides is 2. The summed E-state index contributed by atoms with van der Waals surface area (Å²) in [6.45, 7) is -1.63. The highest BCUT2D eigenvalue weighted by atomic mass is 32.1. The quantitative estimate of drug-likeness (QED) is 0.817. The molecule has 2 aromatic rings. The number of amides is 1. The standard InChI is InChI=1S/C15H13F2NO4S/c1-9(21-14(20)12-7-4-8-23-12)13(19)18-10-5-2-3-6-11(10)22-15(16)17/h2-9,15H,1H3,(H,18,19). The third-order valence-electron chi connectivity index (χ3n) is 2.74.